The SMILES string of the molecule is Cl.N[C@H](c1ccc(O)c(O)c1)C1CC1. The molecule has 0 aromatic heterocycles. The molecule has 0 heterocycles. The maximum atomic E-state index is 9.25. The molecule has 0 bridgehead atoms. The molecule has 1 atom stereocenters. The third-order valence-electron chi connectivity index (χ3n) is 2.51. The lowest BCUT2D eigenvalue weighted by Gasteiger charge is -2.10. The lowest BCUT2D eigenvalue weighted by atomic mass is 10.0. The minimum atomic E-state index is -0.0910. The van der Waals surface area contributed by atoms with Gasteiger partial charge in [0.25, 0.3) is 0 Å². The Morgan fingerprint density at radius 1 is 1.21 bits per heavy atom. The van der Waals surface area contributed by atoms with Crippen LogP contribution in [0.5, 0.6) is 11.5 Å². The van der Waals surface area contributed by atoms with Crippen LogP contribution in [0.3, 0.4) is 0 Å². The Labute approximate surface area is 89.0 Å². The van der Waals surface area contributed by atoms with Crippen molar-refractivity contribution in [2.45, 2.75) is 18.9 Å². The molecule has 1 fully saturated rings. The largest absolute Gasteiger partial charge is 0.504 e. The predicted molar refractivity (Wildman–Crippen MR) is 56.7 cm³/mol. The molecule has 4 N–H and O–H groups in total. The molecule has 0 radical (unpaired) electrons. The number of aromatic hydroxyl groups is 2. The van der Waals surface area contributed by atoms with Gasteiger partial charge in [0.2, 0.25) is 0 Å². The summed E-state index contributed by atoms with van der Waals surface area (Å²) in [6.45, 7) is 0. The molecule has 1 saturated carbocycles. The molecule has 1 aromatic rings. The van der Waals surface area contributed by atoms with Crippen LogP contribution in [0.4, 0.5) is 0 Å². The van der Waals surface area contributed by atoms with Crippen molar-refractivity contribution in [3.8, 4) is 11.5 Å². The average Bonchev–Trinajstić information content (AvgIpc) is 2.91. The fraction of sp³-hybridized carbons (Fsp3) is 0.400. The molecule has 78 valence electrons. The number of phenolic OH excluding ortho intramolecular Hbond substituents is 2. The smallest absolute Gasteiger partial charge is 0.157 e. The Morgan fingerprint density at radius 3 is 2.36 bits per heavy atom. The van der Waals surface area contributed by atoms with Crippen LogP contribution in [-0.2, 0) is 0 Å². The molecule has 0 aliphatic heterocycles. The van der Waals surface area contributed by atoms with E-state index in [4.69, 9.17) is 10.8 Å². The molecule has 4 heteroatoms. The highest BCUT2D eigenvalue weighted by Gasteiger charge is 2.29. The van der Waals surface area contributed by atoms with E-state index in [0.29, 0.717) is 5.92 Å². The van der Waals surface area contributed by atoms with E-state index < -0.39 is 0 Å². The molecule has 0 unspecified atom stereocenters. The summed E-state index contributed by atoms with van der Waals surface area (Å²) in [5, 5.41) is 18.3. The van der Waals surface area contributed by atoms with Crippen molar-refractivity contribution >= 4 is 12.4 Å². The van der Waals surface area contributed by atoms with E-state index in [0.717, 1.165) is 5.56 Å². The Morgan fingerprint density at radius 2 is 1.86 bits per heavy atom. The highest BCUT2D eigenvalue weighted by atomic mass is 35.5. The zero-order valence-electron chi connectivity index (χ0n) is 7.68. The van der Waals surface area contributed by atoms with Crippen molar-refractivity contribution in [1.29, 1.82) is 0 Å². The van der Waals surface area contributed by atoms with Crippen LogP contribution in [0.25, 0.3) is 0 Å². The molecule has 1 aliphatic rings. The van der Waals surface area contributed by atoms with E-state index in [1.54, 1.807) is 12.1 Å². The lowest BCUT2D eigenvalue weighted by molar-refractivity contribution is 0.402. The first-order chi connectivity index (χ1) is 6.18. The van der Waals surface area contributed by atoms with Gasteiger partial charge in [-0.15, -0.1) is 12.4 Å². The van der Waals surface area contributed by atoms with Crippen molar-refractivity contribution in [3.63, 3.8) is 0 Å². The van der Waals surface area contributed by atoms with E-state index in [2.05, 4.69) is 0 Å². The molecular weight excluding hydrogens is 202 g/mol. The van der Waals surface area contributed by atoms with Gasteiger partial charge < -0.3 is 15.9 Å². The van der Waals surface area contributed by atoms with Gasteiger partial charge in [0, 0.05) is 6.04 Å². The summed E-state index contributed by atoms with van der Waals surface area (Å²) >= 11 is 0. The number of rotatable bonds is 2. The number of benzene rings is 1. The Bertz CT molecular complexity index is 326. The Kier molecular flexibility index (Phi) is 3.24. The van der Waals surface area contributed by atoms with Gasteiger partial charge in [-0.1, -0.05) is 6.07 Å². The average molecular weight is 216 g/mol. The van der Waals surface area contributed by atoms with Crippen molar-refractivity contribution in [1.82, 2.24) is 0 Å². The lowest BCUT2D eigenvalue weighted by Crippen LogP contribution is -2.11. The van der Waals surface area contributed by atoms with Crippen LogP contribution in [0, 0.1) is 5.92 Å². The zero-order chi connectivity index (χ0) is 9.42. The second-order valence-corrected chi connectivity index (χ2v) is 3.61. The molecular formula is C10H14ClNO2. The monoisotopic (exact) mass is 215 g/mol. The van der Waals surface area contributed by atoms with Crippen LogP contribution in [0.2, 0.25) is 0 Å². The highest BCUT2D eigenvalue weighted by Crippen LogP contribution is 2.40. The molecule has 14 heavy (non-hydrogen) atoms. The quantitative estimate of drug-likeness (QED) is 0.661. The number of hydrogen-bond acceptors (Lipinski definition) is 3. The van der Waals surface area contributed by atoms with Gasteiger partial charge in [0.05, 0.1) is 0 Å². The number of halogens is 1. The van der Waals surface area contributed by atoms with Gasteiger partial charge in [-0.2, -0.15) is 0 Å². The molecule has 0 amide bonds. The predicted octanol–water partition coefficient (Wildman–Crippen LogP) is 1.93. The maximum Gasteiger partial charge on any atom is 0.157 e. The van der Waals surface area contributed by atoms with Crippen molar-refractivity contribution in [2.75, 3.05) is 0 Å². The van der Waals surface area contributed by atoms with Gasteiger partial charge in [-0.05, 0) is 36.5 Å². The minimum Gasteiger partial charge on any atom is -0.504 e. The van der Waals surface area contributed by atoms with E-state index in [1.165, 1.54) is 18.9 Å². The van der Waals surface area contributed by atoms with E-state index >= 15 is 0 Å². The summed E-state index contributed by atoms with van der Waals surface area (Å²) in [5.41, 5.74) is 6.83. The second kappa shape index (κ2) is 4.07. The molecule has 1 aromatic carbocycles. The standard InChI is InChI=1S/C10H13NO2.ClH/c11-10(6-1-2-6)7-3-4-8(12)9(13)5-7;/h3-6,10,12-13H,1-2,11H2;1H/t10-;/m0./s1. The van der Waals surface area contributed by atoms with Gasteiger partial charge in [0.1, 0.15) is 0 Å². The van der Waals surface area contributed by atoms with Crippen molar-refractivity contribution < 1.29 is 10.2 Å². The molecule has 3 nitrogen and oxygen atoms in total. The fourth-order valence-electron chi connectivity index (χ4n) is 1.48. The molecule has 0 spiro atoms. The maximum absolute atomic E-state index is 9.25. The Balaban J connectivity index is 0.000000980. The van der Waals surface area contributed by atoms with Crippen molar-refractivity contribution in [2.24, 2.45) is 11.7 Å². The first-order valence-corrected chi connectivity index (χ1v) is 4.46. The Hall–Kier alpha value is -0.930. The summed E-state index contributed by atoms with van der Waals surface area (Å²) in [6.07, 6.45) is 2.34. The summed E-state index contributed by atoms with van der Waals surface area (Å²) < 4.78 is 0. The first kappa shape index (κ1) is 11.1. The number of phenols is 2. The summed E-state index contributed by atoms with van der Waals surface area (Å²) in [6, 6.07) is 4.79. The minimum absolute atomic E-state index is 0. The zero-order valence-corrected chi connectivity index (χ0v) is 8.50. The second-order valence-electron chi connectivity index (χ2n) is 3.61. The topological polar surface area (TPSA) is 66.5 Å². The molecule has 1 aliphatic carbocycles. The first-order valence-electron chi connectivity index (χ1n) is 4.46. The highest BCUT2D eigenvalue weighted by molar-refractivity contribution is 5.85. The third-order valence-corrected chi connectivity index (χ3v) is 2.51. The molecule has 2 rings (SSSR count). The van der Waals surface area contributed by atoms with E-state index in [-0.39, 0.29) is 29.9 Å². The normalized spacial score (nSPS) is 17.2. The van der Waals surface area contributed by atoms with Gasteiger partial charge in [-0.25, -0.2) is 0 Å². The van der Waals surface area contributed by atoms with Gasteiger partial charge >= 0.3 is 0 Å². The van der Waals surface area contributed by atoms with Crippen LogP contribution in [0.15, 0.2) is 18.2 Å². The summed E-state index contributed by atoms with van der Waals surface area (Å²) in [7, 11) is 0. The summed E-state index contributed by atoms with van der Waals surface area (Å²) in [5.74, 6) is 0.379. The van der Waals surface area contributed by atoms with Gasteiger partial charge in [-0.3, -0.25) is 0 Å². The number of nitrogens with two attached hydrogens (primary N) is 1. The summed E-state index contributed by atoms with van der Waals surface area (Å²) in [4.78, 5) is 0. The fourth-order valence-corrected chi connectivity index (χ4v) is 1.48. The van der Waals surface area contributed by atoms with Crippen LogP contribution < -0.4 is 5.73 Å². The van der Waals surface area contributed by atoms with E-state index in [1.807, 2.05) is 0 Å². The van der Waals surface area contributed by atoms with Crippen LogP contribution in [0.1, 0.15) is 24.4 Å². The van der Waals surface area contributed by atoms with Crippen molar-refractivity contribution in [3.05, 3.63) is 23.8 Å². The molecule has 0 saturated heterocycles. The van der Waals surface area contributed by atoms with Crippen LogP contribution in [-0.4, -0.2) is 10.2 Å². The third kappa shape index (κ3) is 2.11. The van der Waals surface area contributed by atoms with Crippen LogP contribution >= 0.6 is 12.4 Å². The number of hydrogen-bond donors (Lipinski definition) is 3. The van der Waals surface area contributed by atoms with Gasteiger partial charge in [0.15, 0.2) is 11.5 Å². The van der Waals surface area contributed by atoms with E-state index in [9.17, 15) is 5.11 Å².